The van der Waals surface area contributed by atoms with E-state index in [1.54, 1.807) is 6.20 Å². The minimum atomic E-state index is -4.46. The number of aromatic amines is 1. The molecule has 30 heavy (non-hydrogen) atoms. The molecule has 3 N–H and O–H groups in total. The van der Waals surface area contributed by atoms with Gasteiger partial charge in [-0.3, -0.25) is 10.1 Å². The molecule has 2 aromatic carbocycles. The topological polar surface area (TPSA) is 86.7 Å². The highest BCUT2D eigenvalue weighted by Crippen LogP contribution is 2.31. The summed E-state index contributed by atoms with van der Waals surface area (Å²) in [4.78, 5) is 8.69. The van der Waals surface area contributed by atoms with Crippen LogP contribution in [0.3, 0.4) is 0 Å². The molecule has 0 bridgehead atoms. The number of fused-ring (bicyclic) bond motifs is 1. The summed E-state index contributed by atoms with van der Waals surface area (Å²) in [5, 5.41) is 20.8. The molecule has 2 heterocycles. The van der Waals surface area contributed by atoms with E-state index in [-0.39, 0.29) is 0 Å². The lowest BCUT2D eigenvalue weighted by Gasteiger charge is -2.19. The maximum absolute atomic E-state index is 13.0. The zero-order chi connectivity index (χ0) is 21.3. The number of hydrogen-bond acceptors (Lipinski definition) is 5. The van der Waals surface area contributed by atoms with Crippen LogP contribution in [0.5, 0.6) is 0 Å². The van der Waals surface area contributed by atoms with Crippen LogP contribution in [0.1, 0.15) is 22.9 Å². The molecule has 4 aromatic rings. The Morgan fingerprint density at radius 2 is 1.97 bits per heavy atom. The zero-order valence-electron chi connectivity index (χ0n) is 15.9. The van der Waals surface area contributed by atoms with Gasteiger partial charge < -0.3 is 10.4 Å². The summed E-state index contributed by atoms with van der Waals surface area (Å²) >= 11 is 0. The van der Waals surface area contributed by atoms with E-state index in [2.05, 4.69) is 25.5 Å². The molecule has 0 saturated heterocycles. The van der Waals surface area contributed by atoms with Gasteiger partial charge in [-0.15, -0.1) is 0 Å². The number of hydrogen-bond donors (Lipinski definition) is 3. The van der Waals surface area contributed by atoms with Crippen molar-refractivity contribution in [1.29, 1.82) is 0 Å². The van der Waals surface area contributed by atoms with Crippen LogP contribution in [0.2, 0.25) is 0 Å². The number of rotatable bonds is 5. The number of aliphatic hydroxyl groups is 1. The van der Waals surface area contributed by atoms with Gasteiger partial charge in [0.05, 0.1) is 41.8 Å². The molecule has 1 atom stereocenters. The smallest absolute Gasteiger partial charge is 0.394 e. The Kier molecular flexibility index (Phi) is 5.13. The Morgan fingerprint density at radius 3 is 2.73 bits per heavy atom. The molecule has 0 fully saturated rings. The van der Waals surface area contributed by atoms with Crippen LogP contribution in [0, 0.1) is 6.92 Å². The Labute approximate surface area is 169 Å². The fraction of sp³-hybridized carbons (Fsp3) is 0.190. The van der Waals surface area contributed by atoms with Crippen molar-refractivity contribution in [2.45, 2.75) is 19.1 Å². The predicted octanol–water partition coefficient (Wildman–Crippen LogP) is 4.49. The Bertz CT molecular complexity index is 1190. The van der Waals surface area contributed by atoms with Crippen molar-refractivity contribution in [1.82, 2.24) is 20.2 Å². The minimum absolute atomic E-state index is 0.301. The van der Waals surface area contributed by atoms with E-state index in [4.69, 9.17) is 0 Å². The third kappa shape index (κ3) is 3.97. The molecule has 4 rings (SSSR count). The second-order valence-corrected chi connectivity index (χ2v) is 6.87. The first-order valence-electron chi connectivity index (χ1n) is 9.17. The van der Waals surface area contributed by atoms with E-state index in [1.807, 2.05) is 25.1 Å². The first-order chi connectivity index (χ1) is 14.3. The van der Waals surface area contributed by atoms with Crippen molar-refractivity contribution >= 4 is 16.7 Å². The highest BCUT2D eigenvalue weighted by atomic mass is 19.4. The van der Waals surface area contributed by atoms with Gasteiger partial charge in [0.1, 0.15) is 5.82 Å². The molecule has 2 aromatic heterocycles. The van der Waals surface area contributed by atoms with Crippen molar-refractivity contribution in [3.05, 3.63) is 71.7 Å². The van der Waals surface area contributed by atoms with Crippen molar-refractivity contribution in [3.63, 3.8) is 0 Å². The van der Waals surface area contributed by atoms with Gasteiger partial charge >= 0.3 is 6.18 Å². The van der Waals surface area contributed by atoms with Crippen LogP contribution < -0.4 is 5.32 Å². The lowest BCUT2D eigenvalue weighted by Crippen LogP contribution is -2.17. The van der Waals surface area contributed by atoms with Gasteiger partial charge in [0.25, 0.3) is 0 Å². The molecule has 9 heteroatoms. The quantitative estimate of drug-likeness (QED) is 0.449. The average Bonchev–Trinajstić information content (AvgIpc) is 3.12. The molecule has 1 unspecified atom stereocenters. The number of nitrogens with zero attached hydrogens (tertiary/aromatic N) is 3. The number of halogens is 3. The summed E-state index contributed by atoms with van der Waals surface area (Å²) in [7, 11) is 0. The van der Waals surface area contributed by atoms with Crippen LogP contribution in [0.15, 0.2) is 54.9 Å². The standard InChI is InChI=1S/C21H18F3N5O/c1-12-16-8-14(5-6-17(16)29-28-12)18-9-25-10-20(26-18)27-19(11-30)13-3-2-4-15(7-13)21(22,23)24/h2-10,19,30H,11H2,1H3,(H,26,27)(H,28,29). The second-order valence-electron chi connectivity index (χ2n) is 6.87. The summed E-state index contributed by atoms with van der Waals surface area (Å²) in [5.41, 5.74) is 2.70. The molecule has 0 spiro atoms. The number of aromatic nitrogens is 4. The third-order valence-electron chi connectivity index (χ3n) is 4.80. The van der Waals surface area contributed by atoms with E-state index in [0.717, 1.165) is 34.3 Å². The molecular weight excluding hydrogens is 395 g/mol. The van der Waals surface area contributed by atoms with Gasteiger partial charge in [-0.1, -0.05) is 18.2 Å². The maximum Gasteiger partial charge on any atom is 0.416 e. The van der Waals surface area contributed by atoms with Crippen molar-refractivity contribution in [3.8, 4) is 11.3 Å². The number of anilines is 1. The summed E-state index contributed by atoms with van der Waals surface area (Å²) in [6.07, 6.45) is -1.40. The molecule has 0 aliphatic rings. The van der Waals surface area contributed by atoms with Gasteiger partial charge in [-0.05, 0) is 36.8 Å². The van der Waals surface area contributed by atoms with Crippen LogP contribution in [-0.2, 0) is 6.18 Å². The number of aryl methyl sites for hydroxylation is 1. The molecule has 0 radical (unpaired) electrons. The first kappa shape index (κ1) is 19.8. The van der Waals surface area contributed by atoms with E-state index >= 15 is 0 Å². The largest absolute Gasteiger partial charge is 0.416 e. The summed E-state index contributed by atoms with van der Waals surface area (Å²) in [5.74, 6) is 0.341. The molecule has 6 nitrogen and oxygen atoms in total. The predicted molar refractivity (Wildman–Crippen MR) is 107 cm³/mol. The van der Waals surface area contributed by atoms with Gasteiger partial charge in [0.2, 0.25) is 0 Å². The summed E-state index contributed by atoms with van der Waals surface area (Å²) < 4.78 is 39.0. The monoisotopic (exact) mass is 413 g/mol. The Morgan fingerprint density at radius 1 is 1.13 bits per heavy atom. The maximum atomic E-state index is 13.0. The Balaban J connectivity index is 1.62. The van der Waals surface area contributed by atoms with Crippen molar-refractivity contribution < 1.29 is 18.3 Å². The second kappa shape index (κ2) is 7.75. The van der Waals surface area contributed by atoms with E-state index < -0.39 is 24.4 Å². The average molecular weight is 413 g/mol. The number of aliphatic hydroxyl groups excluding tert-OH is 1. The van der Waals surface area contributed by atoms with E-state index in [9.17, 15) is 18.3 Å². The minimum Gasteiger partial charge on any atom is -0.394 e. The number of H-pyrrole nitrogens is 1. The number of alkyl halides is 3. The number of benzene rings is 2. The molecule has 0 aliphatic heterocycles. The fourth-order valence-electron chi connectivity index (χ4n) is 3.22. The van der Waals surface area contributed by atoms with Gasteiger partial charge in [-0.2, -0.15) is 18.3 Å². The van der Waals surface area contributed by atoms with Crippen LogP contribution in [0.25, 0.3) is 22.2 Å². The van der Waals surface area contributed by atoms with Crippen LogP contribution in [0.4, 0.5) is 19.0 Å². The molecule has 0 aliphatic carbocycles. The van der Waals surface area contributed by atoms with Gasteiger partial charge in [0.15, 0.2) is 0 Å². The Hall–Kier alpha value is -3.46. The molecule has 154 valence electrons. The van der Waals surface area contributed by atoms with E-state index in [0.29, 0.717) is 17.1 Å². The molecular formula is C21H18F3N5O. The SMILES string of the molecule is Cc1[nH]nc2ccc(-c3cncc(NC(CO)c4cccc(C(F)(F)F)c4)n3)cc12. The lowest BCUT2D eigenvalue weighted by molar-refractivity contribution is -0.137. The van der Waals surface area contributed by atoms with Crippen molar-refractivity contribution in [2.75, 3.05) is 11.9 Å². The highest BCUT2D eigenvalue weighted by Gasteiger charge is 2.31. The molecule has 0 amide bonds. The number of nitrogens with one attached hydrogen (secondary N) is 2. The molecule has 0 saturated carbocycles. The van der Waals surface area contributed by atoms with Crippen molar-refractivity contribution in [2.24, 2.45) is 0 Å². The highest BCUT2D eigenvalue weighted by molar-refractivity contribution is 5.85. The zero-order valence-corrected chi connectivity index (χ0v) is 15.9. The lowest BCUT2D eigenvalue weighted by atomic mass is 10.0. The summed E-state index contributed by atoms with van der Waals surface area (Å²) in [6.45, 7) is 1.51. The van der Waals surface area contributed by atoms with Crippen LogP contribution in [-0.4, -0.2) is 31.9 Å². The normalized spacial score (nSPS) is 12.8. The van der Waals surface area contributed by atoms with Gasteiger partial charge in [-0.25, -0.2) is 4.98 Å². The van der Waals surface area contributed by atoms with Gasteiger partial charge in [0, 0.05) is 16.6 Å². The van der Waals surface area contributed by atoms with E-state index in [1.165, 1.54) is 18.3 Å². The van der Waals surface area contributed by atoms with Crippen LogP contribution >= 0.6 is 0 Å². The first-order valence-corrected chi connectivity index (χ1v) is 9.17. The fourth-order valence-corrected chi connectivity index (χ4v) is 3.22. The summed E-state index contributed by atoms with van der Waals surface area (Å²) in [6, 6.07) is 9.76. The third-order valence-corrected chi connectivity index (χ3v) is 4.80.